The molecule has 0 saturated heterocycles. The Balaban J connectivity index is 1.24. The number of para-hydroxylation sites is 2. The number of rotatable bonds is 6. The molecule has 0 fully saturated rings. The predicted octanol–water partition coefficient (Wildman–Crippen LogP) is 13.6. The van der Waals surface area contributed by atoms with Gasteiger partial charge in [-0.2, -0.15) is 0 Å². The maximum Gasteiger partial charge on any atom is 0.164 e. The summed E-state index contributed by atoms with van der Waals surface area (Å²) in [6.45, 7) is 0. The summed E-state index contributed by atoms with van der Waals surface area (Å²) in [7, 11) is 0. The Morgan fingerprint density at radius 2 is 0.825 bits per heavy atom. The normalized spacial score (nSPS) is 11.5. The van der Waals surface area contributed by atoms with Crippen LogP contribution in [0, 0.1) is 0 Å². The van der Waals surface area contributed by atoms with Crippen molar-refractivity contribution in [3.63, 3.8) is 0 Å². The minimum absolute atomic E-state index is 0.618. The van der Waals surface area contributed by atoms with Gasteiger partial charge in [-0.05, 0) is 68.6 Å². The van der Waals surface area contributed by atoms with Crippen molar-refractivity contribution >= 4 is 43.4 Å². The maximum atomic E-state index is 5.34. The molecule has 0 radical (unpaired) electrons. The van der Waals surface area contributed by atoms with Crippen LogP contribution in [0.15, 0.2) is 206 Å². The van der Waals surface area contributed by atoms with Crippen LogP contribution in [0.3, 0.4) is 0 Å². The van der Waals surface area contributed by atoms with Crippen molar-refractivity contribution in [3.05, 3.63) is 206 Å². The standard InChI is InChI=1S/C53H34N4/c1-3-16-35(17-4-1)39-22-15-23-41(33-39)52-54-51(37-19-5-2-6-20-37)55-53(56-52)46-34-49(57-47-28-13-11-25-43(47)44-26-12-14-29-48(44)57)50(45-27-10-9-24-42(45)46)40-31-30-36-18-7-8-21-38(36)32-40/h1-34H. The van der Waals surface area contributed by atoms with E-state index in [4.69, 9.17) is 15.0 Å². The average Bonchev–Trinajstić information content (AvgIpc) is 3.63. The number of fused-ring (bicyclic) bond motifs is 5. The van der Waals surface area contributed by atoms with E-state index in [1.165, 1.54) is 21.5 Å². The van der Waals surface area contributed by atoms with Crippen molar-refractivity contribution in [2.75, 3.05) is 0 Å². The molecule has 0 amide bonds. The fourth-order valence-corrected chi connectivity index (χ4v) is 8.36. The molecular weight excluding hydrogens is 693 g/mol. The molecular formula is C53H34N4. The Morgan fingerprint density at radius 3 is 1.54 bits per heavy atom. The van der Waals surface area contributed by atoms with E-state index in [1.807, 2.05) is 24.3 Å². The summed E-state index contributed by atoms with van der Waals surface area (Å²) in [5.41, 5.74) is 10.7. The van der Waals surface area contributed by atoms with Gasteiger partial charge < -0.3 is 4.57 Å². The Kier molecular flexibility index (Phi) is 7.78. The summed E-state index contributed by atoms with van der Waals surface area (Å²) in [4.78, 5) is 15.8. The largest absolute Gasteiger partial charge is 0.309 e. The molecule has 2 heterocycles. The van der Waals surface area contributed by atoms with Gasteiger partial charge in [0, 0.05) is 33.0 Å². The minimum atomic E-state index is 0.618. The maximum absolute atomic E-state index is 5.34. The van der Waals surface area contributed by atoms with Gasteiger partial charge in [-0.15, -0.1) is 0 Å². The number of nitrogens with zero attached hydrogens (tertiary/aromatic N) is 4. The van der Waals surface area contributed by atoms with Crippen LogP contribution in [0.25, 0.3) is 105 Å². The fourth-order valence-electron chi connectivity index (χ4n) is 8.36. The second-order valence-corrected chi connectivity index (χ2v) is 14.4. The molecule has 11 aromatic rings. The zero-order valence-electron chi connectivity index (χ0n) is 30.9. The third kappa shape index (κ3) is 5.66. The van der Waals surface area contributed by atoms with E-state index < -0.39 is 0 Å². The molecule has 0 saturated carbocycles. The van der Waals surface area contributed by atoms with E-state index >= 15 is 0 Å². The Hall–Kier alpha value is -7.69. The molecule has 0 aliphatic rings. The summed E-state index contributed by atoms with van der Waals surface area (Å²) in [5, 5.41) is 7.02. The zero-order valence-corrected chi connectivity index (χ0v) is 30.9. The molecule has 0 atom stereocenters. The van der Waals surface area contributed by atoms with Crippen LogP contribution in [-0.4, -0.2) is 19.5 Å². The summed E-state index contributed by atoms with van der Waals surface area (Å²) < 4.78 is 2.43. The molecule has 9 aromatic carbocycles. The minimum Gasteiger partial charge on any atom is -0.309 e. The third-order valence-electron chi connectivity index (χ3n) is 11.0. The van der Waals surface area contributed by atoms with Gasteiger partial charge in [-0.25, -0.2) is 15.0 Å². The van der Waals surface area contributed by atoms with Gasteiger partial charge in [-0.3, -0.25) is 0 Å². The highest BCUT2D eigenvalue weighted by atomic mass is 15.0. The first-order chi connectivity index (χ1) is 28.3. The first kappa shape index (κ1) is 32.7. The van der Waals surface area contributed by atoms with Crippen molar-refractivity contribution in [1.82, 2.24) is 19.5 Å². The van der Waals surface area contributed by atoms with Gasteiger partial charge in [-0.1, -0.05) is 176 Å². The molecule has 11 rings (SSSR count). The highest BCUT2D eigenvalue weighted by molar-refractivity contribution is 6.13. The van der Waals surface area contributed by atoms with E-state index in [1.54, 1.807) is 0 Å². The van der Waals surface area contributed by atoms with E-state index in [-0.39, 0.29) is 0 Å². The quantitative estimate of drug-likeness (QED) is 0.171. The van der Waals surface area contributed by atoms with Crippen LogP contribution in [0.5, 0.6) is 0 Å². The molecule has 4 heteroatoms. The van der Waals surface area contributed by atoms with Crippen LogP contribution >= 0.6 is 0 Å². The van der Waals surface area contributed by atoms with Crippen LogP contribution < -0.4 is 0 Å². The molecule has 57 heavy (non-hydrogen) atoms. The predicted molar refractivity (Wildman–Crippen MR) is 236 cm³/mol. The Morgan fingerprint density at radius 1 is 0.298 bits per heavy atom. The van der Waals surface area contributed by atoms with Gasteiger partial charge in [0.2, 0.25) is 0 Å². The van der Waals surface area contributed by atoms with Gasteiger partial charge in [0.1, 0.15) is 0 Å². The molecule has 0 spiro atoms. The van der Waals surface area contributed by atoms with E-state index in [2.05, 4.69) is 187 Å². The fraction of sp³-hybridized carbons (Fsp3) is 0. The molecule has 4 nitrogen and oxygen atoms in total. The number of hydrogen-bond donors (Lipinski definition) is 0. The van der Waals surface area contributed by atoms with Crippen molar-refractivity contribution in [2.24, 2.45) is 0 Å². The average molecular weight is 727 g/mol. The molecule has 0 aliphatic heterocycles. The highest BCUT2D eigenvalue weighted by Gasteiger charge is 2.23. The summed E-state index contributed by atoms with van der Waals surface area (Å²) in [6, 6.07) is 72.9. The van der Waals surface area contributed by atoms with Gasteiger partial charge in [0.25, 0.3) is 0 Å². The first-order valence-corrected chi connectivity index (χ1v) is 19.3. The van der Waals surface area contributed by atoms with Crippen molar-refractivity contribution < 1.29 is 0 Å². The van der Waals surface area contributed by atoms with Gasteiger partial charge in [0.05, 0.1) is 16.7 Å². The van der Waals surface area contributed by atoms with Crippen LogP contribution in [0.1, 0.15) is 0 Å². The molecule has 266 valence electrons. The van der Waals surface area contributed by atoms with Crippen molar-refractivity contribution in [3.8, 4) is 62.1 Å². The van der Waals surface area contributed by atoms with Crippen LogP contribution in [0.4, 0.5) is 0 Å². The lowest BCUT2D eigenvalue weighted by Crippen LogP contribution is -2.03. The van der Waals surface area contributed by atoms with E-state index in [9.17, 15) is 0 Å². The van der Waals surface area contributed by atoms with E-state index in [0.717, 1.165) is 66.4 Å². The first-order valence-electron chi connectivity index (χ1n) is 19.3. The van der Waals surface area contributed by atoms with Gasteiger partial charge >= 0.3 is 0 Å². The van der Waals surface area contributed by atoms with Crippen LogP contribution in [-0.2, 0) is 0 Å². The summed E-state index contributed by atoms with van der Waals surface area (Å²) in [6.07, 6.45) is 0. The molecule has 0 bridgehead atoms. The molecule has 0 N–H and O–H groups in total. The van der Waals surface area contributed by atoms with Crippen LogP contribution in [0.2, 0.25) is 0 Å². The summed E-state index contributed by atoms with van der Waals surface area (Å²) >= 11 is 0. The summed E-state index contributed by atoms with van der Waals surface area (Å²) in [5.74, 6) is 1.87. The second kappa shape index (κ2) is 13.6. The second-order valence-electron chi connectivity index (χ2n) is 14.4. The lowest BCUT2D eigenvalue weighted by Gasteiger charge is -2.20. The molecule has 2 aromatic heterocycles. The van der Waals surface area contributed by atoms with E-state index in [0.29, 0.717) is 17.5 Å². The number of hydrogen-bond acceptors (Lipinski definition) is 3. The third-order valence-corrected chi connectivity index (χ3v) is 11.0. The smallest absolute Gasteiger partial charge is 0.164 e. The van der Waals surface area contributed by atoms with Crippen molar-refractivity contribution in [2.45, 2.75) is 0 Å². The Labute approximate surface area is 330 Å². The lowest BCUT2D eigenvalue weighted by molar-refractivity contribution is 1.07. The number of benzene rings is 9. The lowest BCUT2D eigenvalue weighted by atomic mass is 9.91. The van der Waals surface area contributed by atoms with Crippen molar-refractivity contribution in [1.29, 1.82) is 0 Å². The SMILES string of the molecule is c1ccc(-c2cccc(-c3nc(-c4ccccc4)nc(-c4cc(-n5c6ccccc6c6ccccc65)c(-c5ccc6ccccc6c5)c5ccccc45)n3)c2)cc1. The van der Waals surface area contributed by atoms with Gasteiger partial charge in [0.15, 0.2) is 17.5 Å². The molecule has 0 unspecified atom stereocenters. The Bertz CT molecular complexity index is 3240. The zero-order chi connectivity index (χ0) is 37.7. The topological polar surface area (TPSA) is 43.6 Å². The molecule has 0 aliphatic carbocycles. The number of aromatic nitrogens is 4. The monoisotopic (exact) mass is 726 g/mol. The highest BCUT2D eigenvalue weighted by Crippen LogP contribution is 2.44.